The fourth-order valence-electron chi connectivity index (χ4n) is 1.59. The van der Waals surface area contributed by atoms with Crippen LogP contribution in [-0.4, -0.2) is 25.7 Å². The number of ether oxygens (including phenoxy) is 1. The Kier molecular flexibility index (Phi) is 9.59. The maximum atomic E-state index is 11.2. The van der Waals surface area contributed by atoms with Gasteiger partial charge in [-0.1, -0.05) is 32.6 Å². The van der Waals surface area contributed by atoms with Gasteiger partial charge in [0.1, 0.15) is 0 Å². The molecule has 1 atom stereocenters. The van der Waals surface area contributed by atoms with Gasteiger partial charge in [0.05, 0.1) is 13.0 Å². The molecule has 0 saturated heterocycles. The molecular formula is C12H25NO2. The maximum absolute atomic E-state index is 11.2. The van der Waals surface area contributed by atoms with Gasteiger partial charge in [0, 0.05) is 6.04 Å². The topological polar surface area (TPSA) is 38.3 Å². The number of hydrogen-bond donors (Lipinski definition) is 1. The summed E-state index contributed by atoms with van der Waals surface area (Å²) in [5.41, 5.74) is 0. The summed E-state index contributed by atoms with van der Waals surface area (Å²) < 4.78 is 4.92. The minimum Gasteiger partial charge on any atom is -0.466 e. The summed E-state index contributed by atoms with van der Waals surface area (Å²) in [6, 6.07) is 0.279. The number of carbonyl (C=O) groups excluding carboxylic acids is 1. The van der Waals surface area contributed by atoms with Crippen LogP contribution in [0.3, 0.4) is 0 Å². The lowest BCUT2D eigenvalue weighted by Crippen LogP contribution is -2.28. The lowest BCUT2D eigenvalue weighted by Gasteiger charge is -2.14. The largest absolute Gasteiger partial charge is 0.466 e. The molecule has 0 fully saturated rings. The normalized spacial score (nSPS) is 12.5. The fraction of sp³-hybridized carbons (Fsp3) is 0.917. The fourth-order valence-corrected chi connectivity index (χ4v) is 1.59. The number of rotatable bonds is 9. The first-order chi connectivity index (χ1) is 7.24. The van der Waals surface area contributed by atoms with Crippen LogP contribution in [0.2, 0.25) is 0 Å². The van der Waals surface area contributed by atoms with E-state index in [2.05, 4.69) is 12.2 Å². The molecule has 90 valence electrons. The third kappa shape index (κ3) is 8.43. The molecule has 15 heavy (non-hydrogen) atoms. The maximum Gasteiger partial charge on any atom is 0.307 e. The SMILES string of the molecule is CCCCCCC(CC(=O)OCC)NC. The number of esters is 1. The molecule has 0 saturated carbocycles. The second-order valence-corrected chi connectivity index (χ2v) is 3.84. The zero-order chi connectivity index (χ0) is 11.5. The van der Waals surface area contributed by atoms with Gasteiger partial charge in [-0.3, -0.25) is 4.79 Å². The summed E-state index contributed by atoms with van der Waals surface area (Å²) in [5.74, 6) is -0.0904. The van der Waals surface area contributed by atoms with E-state index in [-0.39, 0.29) is 12.0 Å². The van der Waals surface area contributed by atoms with Crippen molar-refractivity contribution in [2.45, 2.75) is 58.4 Å². The summed E-state index contributed by atoms with van der Waals surface area (Å²) in [5, 5.41) is 3.17. The van der Waals surface area contributed by atoms with Crippen LogP contribution in [-0.2, 0) is 9.53 Å². The highest BCUT2D eigenvalue weighted by Crippen LogP contribution is 2.08. The van der Waals surface area contributed by atoms with E-state index in [9.17, 15) is 4.79 Å². The lowest BCUT2D eigenvalue weighted by atomic mass is 10.1. The first kappa shape index (κ1) is 14.4. The first-order valence-corrected chi connectivity index (χ1v) is 6.07. The van der Waals surface area contributed by atoms with E-state index >= 15 is 0 Å². The average molecular weight is 215 g/mol. The Bertz CT molecular complexity index is 160. The van der Waals surface area contributed by atoms with Crippen LogP contribution in [0.4, 0.5) is 0 Å². The molecule has 0 aromatic heterocycles. The van der Waals surface area contributed by atoms with E-state index in [1.807, 2.05) is 14.0 Å². The van der Waals surface area contributed by atoms with E-state index in [1.54, 1.807) is 0 Å². The van der Waals surface area contributed by atoms with Gasteiger partial charge in [0.25, 0.3) is 0 Å². The van der Waals surface area contributed by atoms with Crippen LogP contribution >= 0.6 is 0 Å². The molecule has 0 radical (unpaired) electrons. The monoisotopic (exact) mass is 215 g/mol. The van der Waals surface area contributed by atoms with Crippen molar-refractivity contribution in [3.63, 3.8) is 0 Å². The standard InChI is InChI=1S/C12H25NO2/c1-4-6-7-8-9-11(13-3)10-12(14)15-5-2/h11,13H,4-10H2,1-3H3. The molecule has 0 heterocycles. The highest BCUT2D eigenvalue weighted by molar-refractivity contribution is 5.70. The van der Waals surface area contributed by atoms with E-state index in [4.69, 9.17) is 4.74 Å². The zero-order valence-electron chi connectivity index (χ0n) is 10.3. The third-order valence-corrected chi connectivity index (χ3v) is 2.53. The molecular weight excluding hydrogens is 190 g/mol. The molecule has 0 rings (SSSR count). The van der Waals surface area contributed by atoms with Crippen molar-refractivity contribution in [2.75, 3.05) is 13.7 Å². The number of unbranched alkanes of at least 4 members (excludes halogenated alkanes) is 3. The molecule has 1 N–H and O–H groups in total. The molecule has 0 bridgehead atoms. The van der Waals surface area contributed by atoms with Crippen molar-refractivity contribution in [1.29, 1.82) is 0 Å². The summed E-state index contributed by atoms with van der Waals surface area (Å²) in [6.07, 6.45) is 6.56. The highest BCUT2D eigenvalue weighted by Gasteiger charge is 2.11. The van der Waals surface area contributed by atoms with Gasteiger partial charge in [0.2, 0.25) is 0 Å². The van der Waals surface area contributed by atoms with Gasteiger partial charge in [-0.25, -0.2) is 0 Å². The molecule has 0 aromatic carbocycles. The van der Waals surface area contributed by atoms with Crippen molar-refractivity contribution in [2.24, 2.45) is 0 Å². The quantitative estimate of drug-likeness (QED) is 0.474. The van der Waals surface area contributed by atoms with Crippen molar-refractivity contribution in [3.05, 3.63) is 0 Å². The summed E-state index contributed by atoms with van der Waals surface area (Å²) in [4.78, 5) is 11.2. The van der Waals surface area contributed by atoms with Crippen molar-refractivity contribution in [1.82, 2.24) is 5.32 Å². The first-order valence-electron chi connectivity index (χ1n) is 6.07. The molecule has 0 aromatic rings. The van der Waals surface area contributed by atoms with Crippen LogP contribution in [0, 0.1) is 0 Å². The molecule has 0 aliphatic heterocycles. The Morgan fingerprint density at radius 3 is 2.53 bits per heavy atom. The molecule has 0 spiro atoms. The molecule has 3 heteroatoms. The van der Waals surface area contributed by atoms with E-state index in [1.165, 1.54) is 25.7 Å². The van der Waals surface area contributed by atoms with Crippen LogP contribution in [0.5, 0.6) is 0 Å². The summed E-state index contributed by atoms with van der Waals surface area (Å²) in [7, 11) is 1.91. The van der Waals surface area contributed by atoms with Gasteiger partial charge in [0.15, 0.2) is 0 Å². The van der Waals surface area contributed by atoms with Gasteiger partial charge in [-0.05, 0) is 20.4 Å². The van der Waals surface area contributed by atoms with Crippen LogP contribution in [0.1, 0.15) is 52.4 Å². The molecule has 0 amide bonds. The van der Waals surface area contributed by atoms with Gasteiger partial charge < -0.3 is 10.1 Å². The number of nitrogens with one attached hydrogen (secondary N) is 1. The molecule has 0 aliphatic carbocycles. The van der Waals surface area contributed by atoms with Gasteiger partial charge in [-0.15, -0.1) is 0 Å². The highest BCUT2D eigenvalue weighted by atomic mass is 16.5. The Morgan fingerprint density at radius 1 is 1.27 bits per heavy atom. The second kappa shape index (κ2) is 9.97. The Morgan fingerprint density at radius 2 is 2.00 bits per heavy atom. The smallest absolute Gasteiger partial charge is 0.307 e. The van der Waals surface area contributed by atoms with Crippen LogP contribution in [0.15, 0.2) is 0 Å². The summed E-state index contributed by atoms with van der Waals surface area (Å²) >= 11 is 0. The predicted molar refractivity (Wildman–Crippen MR) is 62.9 cm³/mol. The number of hydrogen-bond acceptors (Lipinski definition) is 3. The van der Waals surface area contributed by atoms with Crippen molar-refractivity contribution >= 4 is 5.97 Å². The van der Waals surface area contributed by atoms with Crippen LogP contribution in [0.25, 0.3) is 0 Å². The molecule has 3 nitrogen and oxygen atoms in total. The Labute approximate surface area is 93.6 Å². The van der Waals surface area contributed by atoms with E-state index in [0.29, 0.717) is 13.0 Å². The lowest BCUT2D eigenvalue weighted by molar-refractivity contribution is -0.143. The second-order valence-electron chi connectivity index (χ2n) is 3.84. The van der Waals surface area contributed by atoms with Crippen LogP contribution < -0.4 is 5.32 Å². The van der Waals surface area contributed by atoms with E-state index < -0.39 is 0 Å². The van der Waals surface area contributed by atoms with Gasteiger partial charge >= 0.3 is 5.97 Å². The van der Waals surface area contributed by atoms with Gasteiger partial charge in [-0.2, -0.15) is 0 Å². The Balaban J connectivity index is 3.58. The average Bonchev–Trinajstić information content (AvgIpc) is 2.23. The zero-order valence-corrected chi connectivity index (χ0v) is 10.3. The van der Waals surface area contributed by atoms with Crippen molar-refractivity contribution < 1.29 is 9.53 Å². The number of carbonyl (C=O) groups is 1. The third-order valence-electron chi connectivity index (χ3n) is 2.53. The summed E-state index contributed by atoms with van der Waals surface area (Å²) in [6.45, 7) is 4.52. The van der Waals surface area contributed by atoms with Crippen molar-refractivity contribution in [3.8, 4) is 0 Å². The minimum absolute atomic E-state index is 0.0904. The Hall–Kier alpha value is -0.570. The predicted octanol–water partition coefficient (Wildman–Crippen LogP) is 2.50. The molecule has 1 unspecified atom stereocenters. The van der Waals surface area contributed by atoms with E-state index in [0.717, 1.165) is 6.42 Å². The minimum atomic E-state index is -0.0904. The molecule has 0 aliphatic rings.